The lowest BCUT2D eigenvalue weighted by atomic mass is 9.91. The van der Waals surface area contributed by atoms with Crippen molar-refractivity contribution in [2.24, 2.45) is 0 Å². The van der Waals surface area contributed by atoms with Crippen molar-refractivity contribution >= 4 is 23.2 Å². The third-order valence-electron chi connectivity index (χ3n) is 7.21. The van der Waals surface area contributed by atoms with Gasteiger partial charge < -0.3 is 20.9 Å². The van der Waals surface area contributed by atoms with Crippen LogP contribution in [0.2, 0.25) is 0 Å². The van der Waals surface area contributed by atoms with Gasteiger partial charge in [-0.15, -0.1) is 0 Å². The maximum absolute atomic E-state index is 12.8. The van der Waals surface area contributed by atoms with Gasteiger partial charge in [0.2, 0.25) is 0 Å². The number of nitrogens with zero attached hydrogens (tertiary/aromatic N) is 3. The molecule has 1 saturated heterocycles. The van der Waals surface area contributed by atoms with E-state index in [0.717, 1.165) is 67.3 Å². The molecule has 2 aromatic heterocycles. The number of piperidine rings is 1. The Bertz CT molecular complexity index is 1220. The van der Waals surface area contributed by atoms with E-state index in [-0.39, 0.29) is 5.91 Å². The van der Waals surface area contributed by atoms with Gasteiger partial charge in [-0.3, -0.25) is 4.79 Å². The molecule has 7 nitrogen and oxygen atoms in total. The Hall–Kier alpha value is -3.45. The van der Waals surface area contributed by atoms with Crippen LogP contribution in [-0.4, -0.2) is 42.6 Å². The Morgan fingerprint density at radius 3 is 2.70 bits per heavy atom. The van der Waals surface area contributed by atoms with Crippen LogP contribution in [0.15, 0.2) is 42.7 Å². The summed E-state index contributed by atoms with van der Waals surface area (Å²) >= 11 is 0. The zero-order chi connectivity index (χ0) is 22.4. The Morgan fingerprint density at radius 1 is 1.03 bits per heavy atom. The van der Waals surface area contributed by atoms with Crippen LogP contribution in [0, 0.1) is 0 Å². The minimum absolute atomic E-state index is 0.0384. The molecule has 33 heavy (non-hydrogen) atoms. The minimum atomic E-state index is -0.0384. The Labute approximate surface area is 193 Å². The van der Waals surface area contributed by atoms with Crippen molar-refractivity contribution in [3.8, 4) is 11.1 Å². The average molecular weight is 441 g/mol. The number of aromatic nitrogens is 2. The van der Waals surface area contributed by atoms with Crippen molar-refractivity contribution in [3.05, 3.63) is 65.0 Å². The molecule has 3 N–H and O–H groups in total. The highest BCUT2D eigenvalue weighted by Gasteiger charge is 2.29. The summed E-state index contributed by atoms with van der Waals surface area (Å²) in [6.07, 6.45) is 7.12. The molecule has 0 atom stereocenters. The highest BCUT2D eigenvalue weighted by molar-refractivity contribution is 6.06. The van der Waals surface area contributed by atoms with Crippen LogP contribution in [0.4, 0.5) is 17.3 Å². The number of rotatable bonds is 4. The fourth-order valence-electron chi connectivity index (χ4n) is 5.41. The van der Waals surface area contributed by atoms with Crippen molar-refractivity contribution in [3.63, 3.8) is 0 Å². The lowest BCUT2D eigenvalue weighted by Crippen LogP contribution is -2.26. The second kappa shape index (κ2) is 8.15. The standard InChI is InChI=1S/C26H28N6O/c1-32-13-9-20-19(8-12-28-25(20)32)18-3-4-22(24-21(18)15-30-26(24)33)31-23-5-2-17(14-29-23)16-6-10-27-11-7-16/h2-5,8,12,14,16,27H,6-7,9-11,13,15H2,1H3,(H,29,31)(H,30,33). The molecule has 1 amide bonds. The number of hydrogen-bond acceptors (Lipinski definition) is 6. The Kier molecular flexibility index (Phi) is 4.99. The highest BCUT2D eigenvalue weighted by Crippen LogP contribution is 2.39. The van der Waals surface area contributed by atoms with Gasteiger partial charge in [-0.2, -0.15) is 0 Å². The molecule has 0 saturated carbocycles. The van der Waals surface area contributed by atoms with Gasteiger partial charge in [0.05, 0.1) is 11.3 Å². The molecule has 168 valence electrons. The summed E-state index contributed by atoms with van der Waals surface area (Å²) in [6, 6.07) is 10.4. The summed E-state index contributed by atoms with van der Waals surface area (Å²) < 4.78 is 0. The number of benzene rings is 1. The molecule has 0 spiro atoms. The molecule has 5 heterocycles. The maximum Gasteiger partial charge on any atom is 0.254 e. The predicted octanol–water partition coefficient (Wildman–Crippen LogP) is 3.59. The molecule has 3 aliphatic heterocycles. The average Bonchev–Trinajstić information content (AvgIpc) is 3.44. The van der Waals surface area contributed by atoms with Crippen LogP contribution in [0.5, 0.6) is 0 Å². The van der Waals surface area contributed by atoms with E-state index >= 15 is 0 Å². The van der Waals surface area contributed by atoms with Gasteiger partial charge in [-0.05, 0) is 78.7 Å². The summed E-state index contributed by atoms with van der Waals surface area (Å²) in [6.45, 7) is 3.63. The monoisotopic (exact) mass is 440 g/mol. The largest absolute Gasteiger partial charge is 0.359 e. The number of carbonyl (C=O) groups excluding carboxylic acids is 1. The first-order chi connectivity index (χ1) is 16.2. The van der Waals surface area contributed by atoms with E-state index in [4.69, 9.17) is 0 Å². The molecular weight excluding hydrogens is 412 g/mol. The van der Waals surface area contributed by atoms with E-state index in [9.17, 15) is 4.79 Å². The molecule has 0 radical (unpaired) electrons. The topological polar surface area (TPSA) is 82.2 Å². The van der Waals surface area contributed by atoms with Gasteiger partial charge in [-0.25, -0.2) is 9.97 Å². The summed E-state index contributed by atoms with van der Waals surface area (Å²) in [7, 11) is 2.08. The van der Waals surface area contributed by atoms with Crippen LogP contribution in [0.1, 0.15) is 45.8 Å². The zero-order valence-electron chi connectivity index (χ0n) is 18.8. The quantitative estimate of drug-likeness (QED) is 0.575. The number of likely N-dealkylation sites (N-methyl/N-ethyl adjacent to an activating group) is 1. The van der Waals surface area contributed by atoms with E-state index in [1.165, 1.54) is 16.7 Å². The van der Waals surface area contributed by atoms with E-state index in [1.807, 2.05) is 24.5 Å². The van der Waals surface area contributed by atoms with Crippen molar-refractivity contribution in [2.45, 2.75) is 31.7 Å². The van der Waals surface area contributed by atoms with Gasteiger partial charge >= 0.3 is 0 Å². The first-order valence-electron chi connectivity index (χ1n) is 11.8. The van der Waals surface area contributed by atoms with Crippen molar-refractivity contribution in [2.75, 3.05) is 36.9 Å². The number of anilines is 3. The fourth-order valence-corrected chi connectivity index (χ4v) is 5.41. The second-order valence-electron chi connectivity index (χ2n) is 9.16. The maximum atomic E-state index is 12.8. The number of fused-ring (bicyclic) bond motifs is 2. The normalized spacial score (nSPS) is 17.6. The van der Waals surface area contributed by atoms with Crippen LogP contribution in [0.3, 0.4) is 0 Å². The second-order valence-corrected chi connectivity index (χ2v) is 9.16. The summed E-state index contributed by atoms with van der Waals surface area (Å²) in [5, 5.41) is 9.83. The van der Waals surface area contributed by atoms with Crippen molar-refractivity contribution < 1.29 is 4.79 Å². The van der Waals surface area contributed by atoms with Crippen molar-refractivity contribution in [1.29, 1.82) is 0 Å². The smallest absolute Gasteiger partial charge is 0.254 e. The van der Waals surface area contributed by atoms with E-state index in [1.54, 1.807) is 0 Å². The first-order valence-corrected chi connectivity index (χ1v) is 11.8. The number of amides is 1. The SMILES string of the molecule is CN1CCc2c(-c3ccc(Nc4ccc(C5CCNCC5)cn4)c4c3CNC4=O)ccnc21. The van der Waals surface area contributed by atoms with E-state index in [0.29, 0.717) is 18.0 Å². The van der Waals surface area contributed by atoms with Gasteiger partial charge in [0, 0.05) is 38.1 Å². The molecule has 6 rings (SSSR count). The van der Waals surface area contributed by atoms with Gasteiger partial charge in [0.25, 0.3) is 5.91 Å². The van der Waals surface area contributed by atoms with Crippen LogP contribution < -0.4 is 20.9 Å². The third kappa shape index (κ3) is 3.53. The highest BCUT2D eigenvalue weighted by atomic mass is 16.1. The minimum Gasteiger partial charge on any atom is -0.359 e. The number of carbonyl (C=O) groups is 1. The van der Waals surface area contributed by atoms with Crippen LogP contribution >= 0.6 is 0 Å². The molecular formula is C26H28N6O. The summed E-state index contributed by atoms with van der Waals surface area (Å²) in [4.78, 5) is 24.2. The zero-order valence-corrected chi connectivity index (χ0v) is 18.8. The molecule has 1 fully saturated rings. The molecule has 7 heteroatoms. The summed E-state index contributed by atoms with van der Waals surface area (Å²) in [5.41, 5.74) is 7.39. The molecule has 3 aromatic rings. The fraction of sp³-hybridized carbons (Fsp3) is 0.346. The molecule has 0 aliphatic carbocycles. The van der Waals surface area contributed by atoms with Gasteiger partial charge in [-0.1, -0.05) is 12.1 Å². The lowest BCUT2D eigenvalue weighted by molar-refractivity contribution is 0.0966. The predicted molar refractivity (Wildman–Crippen MR) is 130 cm³/mol. The first kappa shape index (κ1) is 20.2. The third-order valence-corrected chi connectivity index (χ3v) is 7.21. The van der Waals surface area contributed by atoms with Gasteiger partial charge in [0.15, 0.2) is 0 Å². The number of pyridine rings is 2. The number of nitrogens with one attached hydrogen (secondary N) is 3. The van der Waals surface area contributed by atoms with Crippen molar-refractivity contribution in [1.82, 2.24) is 20.6 Å². The van der Waals surface area contributed by atoms with Crippen LogP contribution in [0.25, 0.3) is 11.1 Å². The molecule has 3 aliphatic rings. The Balaban J connectivity index is 1.33. The lowest BCUT2D eigenvalue weighted by Gasteiger charge is -2.22. The molecule has 1 aromatic carbocycles. The summed E-state index contributed by atoms with van der Waals surface area (Å²) in [5.74, 6) is 2.33. The molecule has 0 bridgehead atoms. The Morgan fingerprint density at radius 2 is 1.88 bits per heavy atom. The van der Waals surface area contributed by atoms with E-state index in [2.05, 4.69) is 56.1 Å². The molecule has 0 unspecified atom stereocenters. The van der Waals surface area contributed by atoms with E-state index < -0.39 is 0 Å². The van der Waals surface area contributed by atoms with Gasteiger partial charge in [0.1, 0.15) is 11.6 Å². The number of hydrogen-bond donors (Lipinski definition) is 3. The van der Waals surface area contributed by atoms with Crippen LogP contribution in [-0.2, 0) is 13.0 Å².